The smallest absolute Gasteiger partial charge is 0.330 e. The fourth-order valence-corrected chi connectivity index (χ4v) is 6.62. The van der Waals surface area contributed by atoms with Gasteiger partial charge in [0.25, 0.3) is 11.4 Å². The van der Waals surface area contributed by atoms with Gasteiger partial charge in [0.15, 0.2) is 5.54 Å². The maximum absolute atomic E-state index is 14.4. The highest BCUT2D eigenvalue weighted by molar-refractivity contribution is 6.09. The molecule has 0 spiro atoms. The quantitative estimate of drug-likeness (QED) is 0.236. The van der Waals surface area contributed by atoms with Gasteiger partial charge in [-0.3, -0.25) is 14.6 Å². The summed E-state index contributed by atoms with van der Waals surface area (Å²) in [6.45, 7) is 16.8. The second-order valence-corrected chi connectivity index (χ2v) is 11.7. The van der Waals surface area contributed by atoms with E-state index in [9.17, 15) is 9.59 Å². The van der Waals surface area contributed by atoms with Crippen LogP contribution < -0.4 is 0 Å². The number of rotatable bonds is 9. The van der Waals surface area contributed by atoms with Crippen molar-refractivity contribution in [2.75, 3.05) is 40.0 Å². The molecule has 0 bridgehead atoms. The van der Waals surface area contributed by atoms with Crippen LogP contribution in [0.3, 0.4) is 0 Å². The van der Waals surface area contributed by atoms with E-state index in [1.807, 2.05) is 74.5 Å². The second kappa shape index (κ2) is 12.1. The Hall–Kier alpha value is -3.99. The van der Waals surface area contributed by atoms with Crippen LogP contribution in [0.2, 0.25) is 0 Å². The van der Waals surface area contributed by atoms with Gasteiger partial charge in [-0.05, 0) is 50.4 Å². The third kappa shape index (κ3) is 5.10. The Morgan fingerprint density at radius 3 is 1.93 bits per heavy atom. The van der Waals surface area contributed by atoms with Gasteiger partial charge >= 0.3 is 6.03 Å². The molecule has 2 aliphatic heterocycles. The average molecular weight is 565 g/mol. The fraction of sp³-hybridized carbons (Fsp3) is 0.400. The number of nitrogens with zero attached hydrogens (tertiary/aromatic N) is 4. The van der Waals surface area contributed by atoms with Crippen LogP contribution in [-0.4, -0.2) is 66.7 Å². The molecule has 3 aromatic rings. The van der Waals surface area contributed by atoms with Crippen molar-refractivity contribution >= 4 is 11.9 Å². The van der Waals surface area contributed by atoms with E-state index in [2.05, 4.69) is 28.8 Å². The number of piperidine rings is 1. The van der Waals surface area contributed by atoms with Gasteiger partial charge in [0.2, 0.25) is 0 Å². The predicted octanol–water partition coefficient (Wildman–Crippen LogP) is 6.02. The number of imide groups is 1. The third-order valence-corrected chi connectivity index (χ3v) is 9.02. The van der Waals surface area contributed by atoms with E-state index < -0.39 is 11.1 Å². The van der Waals surface area contributed by atoms with E-state index in [4.69, 9.17) is 11.3 Å². The average Bonchev–Trinajstić information content (AvgIpc) is 3.21. The first-order valence-corrected chi connectivity index (χ1v) is 14.7. The topological polar surface area (TPSA) is 57.4 Å². The van der Waals surface area contributed by atoms with Gasteiger partial charge in [0.05, 0.1) is 0 Å². The van der Waals surface area contributed by atoms with E-state index in [0.29, 0.717) is 13.0 Å². The van der Waals surface area contributed by atoms with Crippen LogP contribution in [0, 0.1) is 27.3 Å². The Morgan fingerprint density at radius 1 is 0.833 bits per heavy atom. The molecule has 0 radical (unpaired) electrons. The SMILES string of the molecule is [C-]#[N+]C1(c2ccccc2C)CCN(CCCN2C(=O)N(COC)C(c3ccc(C)cc3)(c3ccc(C)cc3)C2=O)CC1. The molecule has 0 saturated carbocycles. The largest absolute Gasteiger partial charge is 0.364 e. The first kappa shape index (κ1) is 29.5. The highest BCUT2D eigenvalue weighted by atomic mass is 16.5. The molecule has 2 fully saturated rings. The molecule has 3 amide bonds. The van der Waals surface area contributed by atoms with Crippen LogP contribution in [0.25, 0.3) is 4.85 Å². The number of hydrogen-bond acceptors (Lipinski definition) is 4. The minimum atomic E-state index is -1.30. The Balaban J connectivity index is 1.35. The number of benzene rings is 3. The maximum atomic E-state index is 14.4. The van der Waals surface area contributed by atoms with E-state index in [-0.39, 0.29) is 18.7 Å². The molecule has 3 aromatic carbocycles. The minimum Gasteiger partial charge on any atom is -0.364 e. The van der Waals surface area contributed by atoms with Crippen molar-refractivity contribution in [2.45, 2.75) is 51.1 Å². The molecule has 2 aliphatic rings. The summed E-state index contributed by atoms with van der Waals surface area (Å²) in [5.41, 5.74) is 4.17. The second-order valence-electron chi connectivity index (χ2n) is 11.7. The third-order valence-electron chi connectivity index (χ3n) is 9.02. The number of likely N-dealkylation sites (tertiary alicyclic amines) is 1. The molecule has 0 atom stereocenters. The zero-order chi connectivity index (χ0) is 29.9. The van der Waals surface area contributed by atoms with E-state index in [0.717, 1.165) is 60.3 Å². The molecular formula is C35H40N4O3. The van der Waals surface area contributed by atoms with Gasteiger partial charge in [-0.25, -0.2) is 11.4 Å². The van der Waals surface area contributed by atoms with Gasteiger partial charge in [-0.2, -0.15) is 0 Å². The fourth-order valence-electron chi connectivity index (χ4n) is 6.62. The molecule has 0 N–H and O–H groups in total. The summed E-state index contributed by atoms with van der Waals surface area (Å²) in [5.74, 6) is -0.248. The number of carbonyl (C=O) groups is 2. The van der Waals surface area contributed by atoms with Crippen molar-refractivity contribution in [3.05, 3.63) is 118 Å². The Kier molecular flexibility index (Phi) is 8.49. The summed E-state index contributed by atoms with van der Waals surface area (Å²) in [5, 5.41) is 0. The normalized spacial score (nSPS) is 18.4. The summed E-state index contributed by atoms with van der Waals surface area (Å²) in [6, 6.07) is 23.6. The number of urea groups is 1. The van der Waals surface area contributed by atoms with Gasteiger partial charge in [-0.15, -0.1) is 0 Å². The van der Waals surface area contributed by atoms with Crippen LogP contribution in [0.5, 0.6) is 0 Å². The van der Waals surface area contributed by atoms with Gasteiger partial charge in [0.1, 0.15) is 6.73 Å². The lowest BCUT2D eigenvalue weighted by Gasteiger charge is -2.36. The molecule has 2 heterocycles. The highest BCUT2D eigenvalue weighted by Gasteiger charge is 2.59. The maximum Gasteiger partial charge on any atom is 0.330 e. The number of amides is 3. The Bertz CT molecular complexity index is 1420. The van der Waals surface area contributed by atoms with Gasteiger partial charge in [-0.1, -0.05) is 83.9 Å². The Morgan fingerprint density at radius 2 is 1.40 bits per heavy atom. The lowest BCUT2D eigenvalue weighted by atomic mass is 9.79. The highest BCUT2D eigenvalue weighted by Crippen LogP contribution is 2.44. The van der Waals surface area contributed by atoms with Crippen LogP contribution in [-0.2, 0) is 20.6 Å². The molecule has 2 saturated heterocycles. The monoisotopic (exact) mass is 564 g/mol. The summed E-state index contributed by atoms with van der Waals surface area (Å²) >= 11 is 0. The lowest BCUT2D eigenvalue weighted by Crippen LogP contribution is -2.48. The molecule has 42 heavy (non-hydrogen) atoms. The summed E-state index contributed by atoms with van der Waals surface area (Å²) in [4.78, 5) is 37.8. The molecule has 0 aliphatic carbocycles. The van der Waals surface area contributed by atoms with Crippen LogP contribution in [0.1, 0.15) is 52.6 Å². The summed E-state index contributed by atoms with van der Waals surface area (Å²) in [6.07, 6.45) is 2.20. The molecule has 7 heteroatoms. The number of hydrogen-bond donors (Lipinski definition) is 0. The van der Waals surface area contributed by atoms with Crippen LogP contribution >= 0.6 is 0 Å². The first-order valence-electron chi connectivity index (χ1n) is 14.7. The number of ether oxygens (including phenoxy) is 1. The standard InChI is InChI=1S/C35H40N4O3/c1-26-11-15-29(16-12-26)35(30-17-13-27(2)14-18-30)32(40)38(33(41)39(35)25-42-5)22-8-21-37-23-19-34(36-4,20-24-37)31-10-7-6-9-28(31)3/h6-7,9-18H,8,19-25H2,1-3,5H3. The van der Waals surface area contributed by atoms with Crippen LogP contribution in [0.15, 0.2) is 72.8 Å². The van der Waals surface area contributed by atoms with Crippen molar-refractivity contribution in [2.24, 2.45) is 0 Å². The van der Waals surface area contributed by atoms with E-state index >= 15 is 0 Å². The van der Waals surface area contributed by atoms with Crippen LogP contribution in [0.4, 0.5) is 4.79 Å². The number of aryl methyl sites for hydroxylation is 3. The van der Waals surface area contributed by atoms with Gasteiger partial charge < -0.3 is 14.5 Å². The molecule has 5 rings (SSSR count). The molecule has 0 unspecified atom stereocenters. The van der Waals surface area contributed by atoms with Crippen molar-refractivity contribution in [3.63, 3.8) is 0 Å². The van der Waals surface area contributed by atoms with Crippen molar-refractivity contribution in [1.29, 1.82) is 0 Å². The summed E-state index contributed by atoms with van der Waals surface area (Å²) < 4.78 is 5.51. The van der Waals surface area contributed by atoms with Crippen molar-refractivity contribution in [1.82, 2.24) is 14.7 Å². The van der Waals surface area contributed by atoms with Crippen molar-refractivity contribution < 1.29 is 14.3 Å². The molecule has 0 aromatic heterocycles. The molecule has 7 nitrogen and oxygen atoms in total. The molecule has 218 valence electrons. The first-order chi connectivity index (χ1) is 20.3. The lowest BCUT2D eigenvalue weighted by molar-refractivity contribution is -0.133. The minimum absolute atomic E-state index is 0.00738. The van der Waals surface area contributed by atoms with E-state index in [1.54, 1.807) is 12.0 Å². The number of carbonyl (C=O) groups excluding carboxylic acids is 2. The Labute approximate surface area is 249 Å². The van der Waals surface area contributed by atoms with E-state index in [1.165, 1.54) is 10.5 Å². The zero-order valence-electron chi connectivity index (χ0n) is 25.1. The number of methoxy groups -OCH3 is 1. The summed E-state index contributed by atoms with van der Waals surface area (Å²) in [7, 11) is 1.55. The van der Waals surface area contributed by atoms with Gasteiger partial charge in [0, 0.05) is 45.1 Å². The predicted molar refractivity (Wildman–Crippen MR) is 164 cm³/mol. The zero-order valence-corrected chi connectivity index (χ0v) is 25.1. The van der Waals surface area contributed by atoms with Crippen molar-refractivity contribution in [3.8, 4) is 0 Å². The molecular weight excluding hydrogens is 524 g/mol.